The fraction of sp³-hybridized carbons (Fsp3) is 0.143. The van der Waals surface area contributed by atoms with E-state index in [1.165, 1.54) is 16.5 Å². The summed E-state index contributed by atoms with van der Waals surface area (Å²) in [4.78, 5) is 11.9. The molecule has 0 aliphatic carbocycles. The van der Waals surface area contributed by atoms with Crippen molar-refractivity contribution in [3.8, 4) is 5.75 Å². The van der Waals surface area contributed by atoms with Gasteiger partial charge in [0.05, 0.1) is 7.11 Å². The van der Waals surface area contributed by atoms with Crippen molar-refractivity contribution in [3.05, 3.63) is 84.3 Å². The quantitative estimate of drug-likeness (QED) is 0.550. The van der Waals surface area contributed by atoms with Crippen LogP contribution in [-0.4, -0.2) is 28.6 Å². The van der Waals surface area contributed by atoms with Crippen LogP contribution in [0.2, 0.25) is 0 Å². The molecule has 26 heavy (non-hydrogen) atoms. The second-order valence-electron chi connectivity index (χ2n) is 6.07. The van der Waals surface area contributed by atoms with Gasteiger partial charge in [-0.25, -0.2) is 9.97 Å². The van der Waals surface area contributed by atoms with E-state index in [0.29, 0.717) is 12.5 Å². The first-order valence-corrected chi connectivity index (χ1v) is 8.56. The fourth-order valence-corrected chi connectivity index (χ4v) is 3.21. The number of hydrogen-bond acceptors (Lipinski definition) is 4. The zero-order valence-corrected chi connectivity index (χ0v) is 14.5. The van der Waals surface area contributed by atoms with E-state index in [1.807, 2.05) is 24.3 Å². The molecule has 0 fully saturated rings. The highest BCUT2D eigenvalue weighted by Gasteiger charge is 2.18. The molecule has 1 atom stereocenters. The van der Waals surface area contributed by atoms with Crippen molar-refractivity contribution in [1.82, 2.24) is 15.0 Å². The van der Waals surface area contributed by atoms with Gasteiger partial charge in [-0.2, -0.15) is 0 Å². The van der Waals surface area contributed by atoms with Crippen LogP contribution in [0.25, 0.3) is 10.9 Å². The lowest BCUT2D eigenvalue weighted by Gasteiger charge is -2.18. The van der Waals surface area contributed by atoms with Gasteiger partial charge in [0.15, 0.2) is 0 Å². The van der Waals surface area contributed by atoms with E-state index in [1.54, 1.807) is 19.5 Å². The molecule has 0 spiro atoms. The molecule has 2 aromatic heterocycles. The predicted octanol–water partition coefficient (Wildman–Crippen LogP) is 4.21. The Balaban J connectivity index is 1.70. The number of ether oxygens (including phenoxy) is 1. The topological polar surface area (TPSA) is 62.8 Å². The van der Waals surface area contributed by atoms with Crippen LogP contribution in [0.3, 0.4) is 0 Å². The first-order chi connectivity index (χ1) is 12.8. The zero-order chi connectivity index (χ0) is 17.8. The van der Waals surface area contributed by atoms with Gasteiger partial charge in [0.1, 0.15) is 5.75 Å². The largest absolute Gasteiger partial charge is 0.497 e. The van der Waals surface area contributed by atoms with Crippen molar-refractivity contribution < 1.29 is 4.74 Å². The van der Waals surface area contributed by atoms with Gasteiger partial charge in [-0.15, -0.1) is 0 Å². The summed E-state index contributed by atoms with van der Waals surface area (Å²) < 4.78 is 5.30. The number of para-hydroxylation sites is 1. The van der Waals surface area contributed by atoms with Gasteiger partial charge < -0.3 is 15.0 Å². The van der Waals surface area contributed by atoms with Crippen LogP contribution in [0, 0.1) is 0 Å². The first-order valence-electron chi connectivity index (χ1n) is 8.56. The predicted molar refractivity (Wildman–Crippen MR) is 104 cm³/mol. The second-order valence-corrected chi connectivity index (χ2v) is 6.07. The Hall–Kier alpha value is -3.34. The van der Waals surface area contributed by atoms with Crippen molar-refractivity contribution in [2.75, 3.05) is 19.0 Å². The Bertz CT molecular complexity index is 980. The van der Waals surface area contributed by atoms with Crippen LogP contribution in [0.5, 0.6) is 5.75 Å². The normalized spacial score (nSPS) is 12.0. The summed E-state index contributed by atoms with van der Waals surface area (Å²) in [5.41, 5.74) is 3.59. The highest BCUT2D eigenvalue weighted by atomic mass is 16.5. The average molecular weight is 344 g/mol. The molecule has 0 saturated heterocycles. The Kier molecular flexibility index (Phi) is 4.51. The monoisotopic (exact) mass is 344 g/mol. The Morgan fingerprint density at radius 3 is 2.54 bits per heavy atom. The van der Waals surface area contributed by atoms with Crippen molar-refractivity contribution in [2.45, 2.75) is 5.92 Å². The number of nitrogens with one attached hydrogen (secondary N) is 2. The fourth-order valence-electron chi connectivity index (χ4n) is 3.21. The molecule has 4 rings (SSSR count). The molecule has 5 heteroatoms. The van der Waals surface area contributed by atoms with E-state index < -0.39 is 0 Å². The van der Waals surface area contributed by atoms with Crippen molar-refractivity contribution in [3.63, 3.8) is 0 Å². The maximum Gasteiger partial charge on any atom is 0.222 e. The van der Waals surface area contributed by atoms with E-state index in [-0.39, 0.29) is 5.92 Å². The molecule has 2 N–H and O–H groups in total. The number of rotatable bonds is 6. The smallest absolute Gasteiger partial charge is 0.222 e. The van der Waals surface area contributed by atoms with Gasteiger partial charge >= 0.3 is 0 Å². The minimum absolute atomic E-state index is 0.154. The van der Waals surface area contributed by atoms with Gasteiger partial charge in [0, 0.05) is 42.0 Å². The minimum Gasteiger partial charge on any atom is -0.497 e. The third-order valence-electron chi connectivity index (χ3n) is 4.54. The molecule has 0 saturated carbocycles. The van der Waals surface area contributed by atoms with Gasteiger partial charge in [-0.05, 0) is 35.4 Å². The molecule has 2 aromatic carbocycles. The van der Waals surface area contributed by atoms with Crippen LogP contribution < -0.4 is 10.1 Å². The van der Waals surface area contributed by atoms with E-state index in [9.17, 15) is 0 Å². The number of nitrogens with zero attached hydrogens (tertiary/aromatic N) is 2. The SMILES string of the molecule is COc1ccc([C@@H](CNc2ncccn2)c2c[nH]c3ccccc23)cc1. The summed E-state index contributed by atoms with van der Waals surface area (Å²) in [6, 6.07) is 18.4. The molecule has 0 unspecified atom stereocenters. The number of H-pyrrole nitrogens is 1. The number of aromatic amines is 1. The lowest BCUT2D eigenvalue weighted by Crippen LogP contribution is -2.15. The van der Waals surface area contributed by atoms with Gasteiger partial charge in [0.25, 0.3) is 0 Å². The number of anilines is 1. The molecule has 130 valence electrons. The summed E-state index contributed by atoms with van der Waals surface area (Å²) in [6.07, 6.45) is 5.57. The Morgan fingerprint density at radius 2 is 1.77 bits per heavy atom. The molecule has 4 aromatic rings. The third kappa shape index (κ3) is 3.24. The van der Waals surface area contributed by atoms with Gasteiger partial charge in [0.2, 0.25) is 5.95 Å². The maximum atomic E-state index is 5.30. The first kappa shape index (κ1) is 16.1. The summed E-state index contributed by atoms with van der Waals surface area (Å²) in [6.45, 7) is 0.693. The number of methoxy groups -OCH3 is 1. The van der Waals surface area contributed by atoms with Gasteiger partial charge in [-0.1, -0.05) is 30.3 Å². The van der Waals surface area contributed by atoms with Crippen molar-refractivity contribution >= 4 is 16.9 Å². The number of hydrogen-bond donors (Lipinski definition) is 2. The second kappa shape index (κ2) is 7.27. The molecule has 2 heterocycles. The summed E-state index contributed by atoms with van der Waals surface area (Å²) >= 11 is 0. The third-order valence-corrected chi connectivity index (χ3v) is 4.54. The Morgan fingerprint density at radius 1 is 1.00 bits per heavy atom. The van der Waals surface area contributed by atoms with E-state index in [2.05, 4.69) is 56.8 Å². The molecular weight excluding hydrogens is 324 g/mol. The summed E-state index contributed by atoms with van der Waals surface area (Å²) in [7, 11) is 1.68. The average Bonchev–Trinajstić information content (AvgIpc) is 3.13. The number of aromatic nitrogens is 3. The minimum atomic E-state index is 0.154. The zero-order valence-electron chi connectivity index (χ0n) is 14.5. The van der Waals surface area contributed by atoms with Crippen molar-refractivity contribution in [1.29, 1.82) is 0 Å². The van der Waals surface area contributed by atoms with Crippen LogP contribution in [0.4, 0.5) is 5.95 Å². The number of benzene rings is 2. The molecule has 0 radical (unpaired) electrons. The van der Waals surface area contributed by atoms with Crippen LogP contribution >= 0.6 is 0 Å². The van der Waals surface area contributed by atoms with Gasteiger partial charge in [-0.3, -0.25) is 0 Å². The van der Waals surface area contributed by atoms with E-state index in [4.69, 9.17) is 4.74 Å². The Labute approximate surface area is 152 Å². The van der Waals surface area contributed by atoms with Crippen LogP contribution in [0.15, 0.2) is 73.2 Å². The molecular formula is C21H20N4O. The molecule has 0 aliphatic heterocycles. The maximum absolute atomic E-state index is 5.30. The standard InChI is InChI=1S/C21H20N4O/c1-26-16-9-7-15(8-10-16)18(13-25-21-22-11-4-12-23-21)19-14-24-20-6-3-2-5-17(19)20/h2-12,14,18,24H,13H2,1H3,(H,22,23,25)/t18-/m1/s1. The number of fused-ring (bicyclic) bond motifs is 1. The van der Waals surface area contributed by atoms with Crippen LogP contribution in [0.1, 0.15) is 17.0 Å². The van der Waals surface area contributed by atoms with E-state index >= 15 is 0 Å². The highest BCUT2D eigenvalue weighted by molar-refractivity contribution is 5.84. The van der Waals surface area contributed by atoms with Crippen molar-refractivity contribution in [2.24, 2.45) is 0 Å². The lowest BCUT2D eigenvalue weighted by molar-refractivity contribution is 0.414. The lowest BCUT2D eigenvalue weighted by atomic mass is 9.91. The van der Waals surface area contributed by atoms with E-state index in [0.717, 1.165) is 11.3 Å². The molecule has 0 amide bonds. The molecule has 0 bridgehead atoms. The highest BCUT2D eigenvalue weighted by Crippen LogP contribution is 2.31. The summed E-state index contributed by atoms with van der Waals surface area (Å²) in [5.74, 6) is 1.64. The molecule has 5 nitrogen and oxygen atoms in total. The van der Waals surface area contributed by atoms with Crippen LogP contribution in [-0.2, 0) is 0 Å². The summed E-state index contributed by atoms with van der Waals surface area (Å²) in [5, 5.41) is 4.58. The molecule has 0 aliphatic rings.